The second-order valence-corrected chi connectivity index (χ2v) is 5.50. The van der Waals surface area contributed by atoms with Crippen molar-refractivity contribution < 1.29 is 14.7 Å². The number of nitrogens with one attached hydrogen (secondary N) is 1. The van der Waals surface area contributed by atoms with E-state index >= 15 is 0 Å². The number of pyridine rings is 1. The molecule has 1 heterocycles. The van der Waals surface area contributed by atoms with Crippen LogP contribution in [0.25, 0.3) is 0 Å². The van der Waals surface area contributed by atoms with Gasteiger partial charge in [0, 0.05) is 22.8 Å². The van der Waals surface area contributed by atoms with E-state index in [1.54, 1.807) is 12.3 Å². The van der Waals surface area contributed by atoms with E-state index in [1.807, 2.05) is 0 Å². The van der Waals surface area contributed by atoms with Crippen molar-refractivity contribution in [2.45, 2.75) is 25.4 Å². The SMILES string of the molecule is O=C(Cn1cc(Br)ccc1=O)NC1CC(C(=O)O)C1. The number of hydrogen-bond donors (Lipinski definition) is 2. The zero-order chi connectivity index (χ0) is 14.0. The van der Waals surface area contributed by atoms with Gasteiger partial charge in [-0.3, -0.25) is 14.4 Å². The number of carbonyl (C=O) groups is 2. The Balaban J connectivity index is 1.87. The van der Waals surface area contributed by atoms with E-state index in [4.69, 9.17) is 5.11 Å². The molecule has 0 saturated heterocycles. The van der Waals surface area contributed by atoms with E-state index < -0.39 is 5.97 Å². The molecule has 0 spiro atoms. The summed E-state index contributed by atoms with van der Waals surface area (Å²) in [5.41, 5.74) is -0.254. The fourth-order valence-corrected chi connectivity index (χ4v) is 2.37. The Morgan fingerprint density at radius 3 is 2.74 bits per heavy atom. The number of rotatable bonds is 4. The second kappa shape index (κ2) is 5.56. The largest absolute Gasteiger partial charge is 0.481 e. The van der Waals surface area contributed by atoms with E-state index in [0.29, 0.717) is 12.8 Å². The van der Waals surface area contributed by atoms with Gasteiger partial charge in [-0.15, -0.1) is 0 Å². The number of carbonyl (C=O) groups excluding carboxylic acids is 1. The van der Waals surface area contributed by atoms with Crippen molar-refractivity contribution in [3.05, 3.63) is 33.2 Å². The van der Waals surface area contributed by atoms with E-state index in [2.05, 4.69) is 21.2 Å². The summed E-state index contributed by atoms with van der Waals surface area (Å²) < 4.78 is 2.02. The second-order valence-electron chi connectivity index (χ2n) is 4.58. The predicted molar refractivity (Wildman–Crippen MR) is 70.7 cm³/mol. The van der Waals surface area contributed by atoms with Gasteiger partial charge in [-0.25, -0.2) is 0 Å². The predicted octanol–water partition coefficient (Wildman–Crippen LogP) is 0.590. The van der Waals surface area contributed by atoms with Crippen molar-refractivity contribution in [3.63, 3.8) is 0 Å². The van der Waals surface area contributed by atoms with Gasteiger partial charge in [0.2, 0.25) is 5.91 Å². The number of aromatic nitrogens is 1. The molecule has 0 aromatic carbocycles. The molecule has 0 aliphatic heterocycles. The third-order valence-electron chi connectivity index (χ3n) is 3.11. The van der Waals surface area contributed by atoms with Gasteiger partial charge in [0.25, 0.3) is 5.56 Å². The molecule has 0 atom stereocenters. The number of halogens is 1. The maximum absolute atomic E-state index is 11.7. The van der Waals surface area contributed by atoms with Crippen molar-refractivity contribution in [1.29, 1.82) is 0 Å². The Morgan fingerprint density at radius 2 is 2.11 bits per heavy atom. The molecule has 1 aromatic rings. The van der Waals surface area contributed by atoms with Crippen molar-refractivity contribution in [2.75, 3.05) is 0 Å². The molecular weight excluding hydrogens is 316 g/mol. The van der Waals surface area contributed by atoms with E-state index in [0.717, 1.165) is 4.47 Å². The summed E-state index contributed by atoms with van der Waals surface area (Å²) in [5.74, 6) is -1.47. The summed E-state index contributed by atoms with van der Waals surface area (Å²) in [6.45, 7) is -0.0630. The number of carboxylic acid groups (broad SMARTS) is 1. The standard InChI is InChI=1S/C12H13BrN2O4/c13-8-1-2-11(17)15(5-8)6-10(16)14-9-3-7(4-9)12(18)19/h1-2,5,7,9H,3-4,6H2,(H,14,16)(H,18,19). The van der Waals surface area contributed by atoms with E-state index in [-0.39, 0.29) is 30.0 Å². The number of nitrogens with zero attached hydrogens (tertiary/aromatic N) is 1. The van der Waals surface area contributed by atoms with Crippen LogP contribution in [0.5, 0.6) is 0 Å². The smallest absolute Gasteiger partial charge is 0.306 e. The summed E-state index contributed by atoms with van der Waals surface area (Å²) in [5, 5.41) is 11.4. The van der Waals surface area contributed by atoms with Crippen LogP contribution in [0.4, 0.5) is 0 Å². The average molecular weight is 329 g/mol. The topological polar surface area (TPSA) is 88.4 Å². The van der Waals surface area contributed by atoms with Gasteiger partial charge in [0.15, 0.2) is 0 Å². The van der Waals surface area contributed by atoms with Crippen LogP contribution >= 0.6 is 15.9 Å². The number of aliphatic carboxylic acids is 1. The number of carboxylic acids is 1. The Labute approximate surface area is 117 Å². The lowest BCUT2D eigenvalue weighted by atomic mass is 9.80. The van der Waals surface area contributed by atoms with Crippen LogP contribution in [0.1, 0.15) is 12.8 Å². The average Bonchev–Trinajstić information content (AvgIpc) is 2.27. The molecule has 2 rings (SSSR count). The van der Waals surface area contributed by atoms with Crippen molar-refractivity contribution in [2.24, 2.45) is 5.92 Å². The number of hydrogen-bond acceptors (Lipinski definition) is 3. The lowest BCUT2D eigenvalue weighted by Crippen LogP contribution is -2.48. The van der Waals surface area contributed by atoms with Gasteiger partial charge in [0.1, 0.15) is 6.54 Å². The molecule has 1 saturated carbocycles. The van der Waals surface area contributed by atoms with E-state index in [1.165, 1.54) is 10.6 Å². The molecule has 1 aliphatic carbocycles. The van der Waals surface area contributed by atoms with Crippen LogP contribution in [0.15, 0.2) is 27.6 Å². The summed E-state index contributed by atoms with van der Waals surface area (Å²) >= 11 is 3.23. The molecule has 1 fully saturated rings. The Kier molecular flexibility index (Phi) is 4.04. The molecule has 7 heteroatoms. The molecule has 0 unspecified atom stereocenters. The minimum Gasteiger partial charge on any atom is -0.481 e. The van der Waals surface area contributed by atoms with Gasteiger partial charge in [-0.1, -0.05) is 0 Å². The molecule has 0 bridgehead atoms. The van der Waals surface area contributed by atoms with Crippen molar-refractivity contribution >= 4 is 27.8 Å². The van der Waals surface area contributed by atoms with Gasteiger partial charge in [-0.05, 0) is 34.8 Å². The molecule has 1 amide bonds. The first-order valence-electron chi connectivity index (χ1n) is 5.84. The van der Waals surface area contributed by atoms with Crippen molar-refractivity contribution in [1.82, 2.24) is 9.88 Å². The fourth-order valence-electron chi connectivity index (χ4n) is 1.99. The monoisotopic (exact) mass is 328 g/mol. The third kappa shape index (κ3) is 3.44. The van der Waals surface area contributed by atoms with Gasteiger partial charge >= 0.3 is 5.97 Å². The first-order chi connectivity index (χ1) is 8.95. The minimum atomic E-state index is -0.825. The Morgan fingerprint density at radius 1 is 1.42 bits per heavy atom. The zero-order valence-corrected chi connectivity index (χ0v) is 11.6. The molecule has 0 radical (unpaired) electrons. The summed E-state index contributed by atoms with van der Waals surface area (Å²) in [6.07, 6.45) is 2.45. The zero-order valence-electron chi connectivity index (χ0n) is 10.0. The van der Waals surface area contributed by atoms with E-state index in [9.17, 15) is 14.4 Å². The highest BCUT2D eigenvalue weighted by Gasteiger charge is 2.35. The normalized spacial score (nSPS) is 21.5. The molecule has 19 heavy (non-hydrogen) atoms. The number of amides is 1. The minimum absolute atomic E-state index is 0.0630. The van der Waals surface area contributed by atoms with Crippen LogP contribution in [0.2, 0.25) is 0 Å². The summed E-state index contributed by atoms with van der Waals surface area (Å²) in [6, 6.07) is 2.89. The van der Waals surface area contributed by atoms with Gasteiger partial charge < -0.3 is 15.0 Å². The quantitative estimate of drug-likeness (QED) is 0.846. The first kappa shape index (κ1) is 13.8. The molecule has 1 aromatic heterocycles. The molecule has 102 valence electrons. The molecule has 6 nitrogen and oxygen atoms in total. The lowest BCUT2D eigenvalue weighted by molar-refractivity contribution is -0.146. The summed E-state index contributed by atoms with van der Waals surface area (Å²) in [7, 11) is 0. The van der Waals surface area contributed by atoms with Crippen LogP contribution in [-0.4, -0.2) is 27.6 Å². The maximum Gasteiger partial charge on any atom is 0.306 e. The highest BCUT2D eigenvalue weighted by atomic mass is 79.9. The fraction of sp³-hybridized carbons (Fsp3) is 0.417. The van der Waals surface area contributed by atoms with Crippen LogP contribution in [-0.2, 0) is 16.1 Å². The van der Waals surface area contributed by atoms with Crippen LogP contribution < -0.4 is 10.9 Å². The maximum atomic E-state index is 11.7. The highest BCUT2D eigenvalue weighted by Crippen LogP contribution is 2.27. The van der Waals surface area contributed by atoms with Gasteiger partial charge in [-0.2, -0.15) is 0 Å². The van der Waals surface area contributed by atoms with Crippen LogP contribution in [0, 0.1) is 5.92 Å². The van der Waals surface area contributed by atoms with Gasteiger partial charge in [0.05, 0.1) is 5.92 Å². The molecule has 1 aliphatic rings. The third-order valence-corrected chi connectivity index (χ3v) is 3.58. The molecule has 2 N–H and O–H groups in total. The molecular formula is C12H13BrN2O4. The van der Waals surface area contributed by atoms with Crippen LogP contribution in [0.3, 0.4) is 0 Å². The highest BCUT2D eigenvalue weighted by molar-refractivity contribution is 9.10. The summed E-state index contributed by atoms with van der Waals surface area (Å²) in [4.78, 5) is 33.8. The lowest BCUT2D eigenvalue weighted by Gasteiger charge is -2.32. The Bertz CT molecular complexity index is 563. The first-order valence-corrected chi connectivity index (χ1v) is 6.63. The van der Waals surface area contributed by atoms with Crippen molar-refractivity contribution in [3.8, 4) is 0 Å². The Hall–Kier alpha value is -1.63.